The van der Waals surface area contributed by atoms with Crippen LogP contribution in [0.15, 0.2) is 42.9 Å². The van der Waals surface area contributed by atoms with E-state index in [1.165, 1.54) is 28.9 Å². The molecular formula is C31H38F3N5O. The van der Waals surface area contributed by atoms with Crippen molar-refractivity contribution in [1.82, 2.24) is 24.6 Å². The first-order valence-electron chi connectivity index (χ1n) is 13.7. The fraction of sp³-hybridized carbons (Fsp3) is 0.484. The Kier molecular flexibility index (Phi) is 8.63. The third kappa shape index (κ3) is 7.05. The predicted molar refractivity (Wildman–Crippen MR) is 150 cm³/mol. The summed E-state index contributed by atoms with van der Waals surface area (Å²) in [5.74, 6) is 0.0810. The number of aromatic nitrogens is 4. The summed E-state index contributed by atoms with van der Waals surface area (Å²) in [7, 11) is 2.22. The monoisotopic (exact) mass is 553 g/mol. The van der Waals surface area contributed by atoms with Gasteiger partial charge in [-0.05, 0) is 87.4 Å². The first-order chi connectivity index (χ1) is 18.7. The van der Waals surface area contributed by atoms with Crippen LogP contribution < -0.4 is 0 Å². The van der Waals surface area contributed by atoms with Crippen molar-refractivity contribution < 1.29 is 18.0 Å². The van der Waals surface area contributed by atoms with E-state index >= 15 is 0 Å². The average molecular weight is 554 g/mol. The van der Waals surface area contributed by atoms with Gasteiger partial charge in [0, 0.05) is 24.9 Å². The van der Waals surface area contributed by atoms with Crippen LogP contribution in [0.3, 0.4) is 0 Å². The zero-order valence-corrected chi connectivity index (χ0v) is 24.1. The van der Waals surface area contributed by atoms with Gasteiger partial charge in [-0.3, -0.25) is 9.78 Å². The molecule has 1 atom stereocenters. The highest BCUT2D eigenvalue weighted by Crippen LogP contribution is 2.31. The maximum atomic E-state index is 13.1. The highest BCUT2D eigenvalue weighted by Gasteiger charge is 2.31. The molecule has 0 saturated heterocycles. The van der Waals surface area contributed by atoms with E-state index in [4.69, 9.17) is 4.98 Å². The molecule has 4 rings (SSSR count). The largest absolute Gasteiger partial charge is 0.417 e. The Hall–Kier alpha value is -3.33. The minimum absolute atomic E-state index is 0.136. The quantitative estimate of drug-likeness (QED) is 0.280. The van der Waals surface area contributed by atoms with E-state index in [9.17, 15) is 18.0 Å². The Labute approximate surface area is 234 Å². The maximum absolute atomic E-state index is 13.1. The average Bonchev–Trinajstić information content (AvgIpc) is 3.28. The molecule has 214 valence electrons. The van der Waals surface area contributed by atoms with E-state index in [2.05, 4.69) is 48.9 Å². The molecule has 3 aromatic heterocycles. The number of carbonyl (C=O) groups excluding carboxylic acids is 1. The van der Waals surface area contributed by atoms with Crippen molar-refractivity contribution in [3.8, 4) is 5.82 Å². The normalized spacial score (nSPS) is 16.4. The second kappa shape index (κ2) is 11.6. The second-order valence-corrected chi connectivity index (χ2v) is 12.0. The van der Waals surface area contributed by atoms with Gasteiger partial charge in [0.25, 0.3) is 0 Å². The zero-order chi connectivity index (χ0) is 29.2. The molecule has 0 N–H and O–H groups in total. The fourth-order valence-corrected chi connectivity index (χ4v) is 5.07. The number of hydrogen-bond acceptors (Lipinski definition) is 5. The van der Waals surface area contributed by atoms with Crippen LogP contribution >= 0.6 is 0 Å². The number of halogens is 3. The Balaban J connectivity index is 1.41. The number of carbonyl (C=O) groups is 1. The molecule has 0 amide bonds. The van der Waals surface area contributed by atoms with Crippen molar-refractivity contribution in [3.05, 3.63) is 76.5 Å². The summed E-state index contributed by atoms with van der Waals surface area (Å²) < 4.78 is 40.0. The lowest BCUT2D eigenvalue weighted by Crippen LogP contribution is -2.35. The van der Waals surface area contributed by atoms with Gasteiger partial charge in [0.2, 0.25) is 0 Å². The molecule has 0 spiro atoms. The van der Waals surface area contributed by atoms with Gasteiger partial charge in [0.05, 0.1) is 28.7 Å². The van der Waals surface area contributed by atoms with Gasteiger partial charge >= 0.3 is 6.18 Å². The minimum Gasteiger partial charge on any atom is -0.303 e. The topological polar surface area (TPSA) is 63.9 Å². The van der Waals surface area contributed by atoms with Gasteiger partial charge in [0.1, 0.15) is 0 Å². The van der Waals surface area contributed by atoms with Gasteiger partial charge in [-0.15, -0.1) is 0 Å². The number of Topliss-reactive ketones (excluding diaryl/α,β-unsaturated/α-hetero) is 1. The van der Waals surface area contributed by atoms with E-state index in [0.717, 1.165) is 54.9 Å². The Morgan fingerprint density at radius 1 is 1.10 bits per heavy atom. The van der Waals surface area contributed by atoms with E-state index in [1.54, 1.807) is 13.1 Å². The molecule has 1 aliphatic rings. The maximum Gasteiger partial charge on any atom is 0.417 e. The summed E-state index contributed by atoms with van der Waals surface area (Å²) in [4.78, 5) is 24.2. The third-order valence-corrected chi connectivity index (χ3v) is 7.63. The number of nitrogens with zero attached hydrogens (tertiary/aromatic N) is 5. The molecule has 0 bridgehead atoms. The molecule has 0 saturated carbocycles. The number of aryl methyl sites for hydroxylation is 1. The summed E-state index contributed by atoms with van der Waals surface area (Å²) in [6.07, 6.45) is 6.23. The Bertz CT molecular complexity index is 1380. The van der Waals surface area contributed by atoms with Crippen molar-refractivity contribution >= 4 is 11.4 Å². The lowest BCUT2D eigenvalue weighted by Gasteiger charge is -2.32. The van der Waals surface area contributed by atoms with Gasteiger partial charge in [-0.1, -0.05) is 32.9 Å². The highest BCUT2D eigenvalue weighted by molar-refractivity contribution is 5.98. The molecule has 40 heavy (non-hydrogen) atoms. The predicted octanol–water partition coefficient (Wildman–Crippen LogP) is 7.03. The van der Waals surface area contributed by atoms with Crippen LogP contribution in [0.25, 0.3) is 11.4 Å². The molecule has 0 radical (unpaired) electrons. The first kappa shape index (κ1) is 29.6. The third-order valence-electron chi connectivity index (χ3n) is 7.63. The smallest absolute Gasteiger partial charge is 0.303 e. The van der Waals surface area contributed by atoms with E-state index in [0.29, 0.717) is 22.7 Å². The molecule has 0 fully saturated rings. The van der Waals surface area contributed by atoms with E-state index < -0.39 is 11.7 Å². The van der Waals surface area contributed by atoms with Crippen molar-refractivity contribution in [1.29, 1.82) is 0 Å². The van der Waals surface area contributed by atoms with Crippen LogP contribution in [0.1, 0.15) is 84.9 Å². The van der Waals surface area contributed by atoms with Crippen LogP contribution in [0.4, 0.5) is 13.2 Å². The summed E-state index contributed by atoms with van der Waals surface area (Å²) in [5, 5.41) is 4.20. The van der Waals surface area contributed by atoms with Crippen molar-refractivity contribution in [2.75, 3.05) is 13.6 Å². The van der Waals surface area contributed by atoms with Crippen molar-refractivity contribution in [3.63, 3.8) is 0 Å². The number of hydrogen-bond donors (Lipinski definition) is 0. The lowest BCUT2D eigenvalue weighted by atomic mass is 9.89. The van der Waals surface area contributed by atoms with E-state index in [-0.39, 0.29) is 18.0 Å². The molecule has 0 aromatic carbocycles. The van der Waals surface area contributed by atoms with Crippen molar-refractivity contribution in [2.45, 2.75) is 78.9 Å². The molecule has 3 aromatic rings. The molecule has 1 aliphatic carbocycles. The molecule has 9 heteroatoms. The van der Waals surface area contributed by atoms with Crippen LogP contribution in [-0.4, -0.2) is 50.1 Å². The summed E-state index contributed by atoms with van der Waals surface area (Å²) in [5.41, 5.74) is 4.52. The van der Waals surface area contributed by atoms with Crippen molar-refractivity contribution in [2.24, 2.45) is 5.41 Å². The SMILES string of the molecule is Cc1cc(CC(=O)c2cnn(-c3ccc(C(F)(F)F)cn3)c2C)cnc1C1=CCC(N(C)CCC(C)(C)C)CC1. The Morgan fingerprint density at radius 3 is 2.42 bits per heavy atom. The second-order valence-electron chi connectivity index (χ2n) is 12.0. The molecule has 0 aliphatic heterocycles. The van der Waals surface area contributed by atoms with Crippen LogP contribution in [0.2, 0.25) is 0 Å². The van der Waals surface area contributed by atoms with Crippen LogP contribution in [0.5, 0.6) is 0 Å². The molecule has 6 nitrogen and oxygen atoms in total. The van der Waals surface area contributed by atoms with E-state index in [1.807, 2.05) is 13.0 Å². The van der Waals surface area contributed by atoms with Gasteiger partial charge < -0.3 is 4.90 Å². The Morgan fingerprint density at radius 2 is 1.85 bits per heavy atom. The van der Waals surface area contributed by atoms with Gasteiger partial charge in [-0.2, -0.15) is 18.3 Å². The lowest BCUT2D eigenvalue weighted by molar-refractivity contribution is -0.137. The highest BCUT2D eigenvalue weighted by atomic mass is 19.4. The summed E-state index contributed by atoms with van der Waals surface area (Å²) in [6.45, 7) is 11.7. The number of pyridine rings is 2. The summed E-state index contributed by atoms with van der Waals surface area (Å²) >= 11 is 0. The fourth-order valence-electron chi connectivity index (χ4n) is 5.07. The number of alkyl halides is 3. The molecule has 1 unspecified atom stereocenters. The summed E-state index contributed by atoms with van der Waals surface area (Å²) in [6, 6.07) is 4.76. The number of allylic oxidation sites excluding steroid dienone is 1. The number of rotatable bonds is 8. The standard InChI is InChI=1S/C31H38F3N5O/c1-20-15-22(17-36-29(20)23-7-10-25(11-8-23)38(6)14-13-30(3,4)5)16-27(40)26-19-37-39(21(26)2)28-12-9-24(18-35-28)31(32,33)34/h7,9,12,15,17-19,25H,8,10-11,13-14,16H2,1-6H3. The zero-order valence-electron chi connectivity index (χ0n) is 24.1. The first-order valence-corrected chi connectivity index (χ1v) is 13.7. The van der Waals surface area contributed by atoms with Gasteiger partial charge in [-0.25, -0.2) is 9.67 Å². The minimum atomic E-state index is -4.47. The van der Waals surface area contributed by atoms with Crippen LogP contribution in [0, 0.1) is 19.3 Å². The molecule has 3 heterocycles. The number of ketones is 1. The molecular weight excluding hydrogens is 515 g/mol. The van der Waals surface area contributed by atoms with Crippen LogP contribution in [-0.2, 0) is 12.6 Å². The van der Waals surface area contributed by atoms with Gasteiger partial charge in [0.15, 0.2) is 11.6 Å².